The zero-order valence-electron chi connectivity index (χ0n) is 13.2. The molecule has 0 aliphatic carbocycles. The highest BCUT2D eigenvalue weighted by atomic mass is 16.1. The molecule has 2 heterocycles. The normalized spacial score (nSPS) is 18.2. The molecule has 1 aliphatic rings. The van der Waals surface area contributed by atoms with Crippen LogP contribution in [-0.2, 0) is 4.79 Å². The topological polar surface area (TPSA) is 84.1 Å². The fraction of sp³-hybridized carbons (Fsp3) is 0.688. The average Bonchev–Trinajstić information content (AvgIpc) is 2.56. The van der Waals surface area contributed by atoms with Gasteiger partial charge in [0.25, 0.3) is 0 Å². The van der Waals surface area contributed by atoms with E-state index >= 15 is 0 Å². The van der Waals surface area contributed by atoms with E-state index in [2.05, 4.69) is 20.2 Å². The summed E-state index contributed by atoms with van der Waals surface area (Å²) in [5.74, 6) is 0.914. The molecule has 1 atom stereocenters. The predicted molar refractivity (Wildman–Crippen MR) is 87.5 cm³/mol. The molecule has 122 valence electrons. The number of unbranched alkanes of at least 4 members (excludes halogenated alkanes) is 3. The quantitative estimate of drug-likeness (QED) is 0.711. The second-order valence-electron chi connectivity index (χ2n) is 5.85. The van der Waals surface area contributed by atoms with Crippen molar-refractivity contribution in [2.45, 2.75) is 51.0 Å². The van der Waals surface area contributed by atoms with E-state index in [1.54, 1.807) is 12.4 Å². The second-order valence-corrected chi connectivity index (χ2v) is 5.85. The first-order chi connectivity index (χ1) is 10.8. The Morgan fingerprint density at radius 3 is 2.82 bits per heavy atom. The van der Waals surface area contributed by atoms with Crippen molar-refractivity contribution in [1.29, 1.82) is 0 Å². The first kappa shape index (κ1) is 16.7. The predicted octanol–water partition coefficient (Wildman–Crippen LogP) is 1.47. The van der Waals surface area contributed by atoms with Gasteiger partial charge in [-0.2, -0.15) is 0 Å². The molecular formula is C16H27N5O. The third kappa shape index (κ3) is 5.60. The summed E-state index contributed by atoms with van der Waals surface area (Å²) >= 11 is 0. The molecule has 1 aromatic heterocycles. The third-order valence-corrected chi connectivity index (χ3v) is 3.98. The van der Waals surface area contributed by atoms with Crippen molar-refractivity contribution in [2.75, 3.05) is 24.5 Å². The molecule has 6 heteroatoms. The molecule has 0 spiro atoms. The van der Waals surface area contributed by atoms with Gasteiger partial charge in [-0.15, -0.1) is 0 Å². The van der Waals surface area contributed by atoms with Gasteiger partial charge in [-0.25, -0.2) is 9.97 Å². The van der Waals surface area contributed by atoms with Gasteiger partial charge in [0.2, 0.25) is 11.9 Å². The average molecular weight is 305 g/mol. The Bertz CT molecular complexity index is 439. The van der Waals surface area contributed by atoms with Crippen LogP contribution in [0, 0.1) is 0 Å². The summed E-state index contributed by atoms with van der Waals surface area (Å²) in [6.07, 6.45) is 10.4. The zero-order valence-corrected chi connectivity index (χ0v) is 13.2. The second kappa shape index (κ2) is 9.35. The van der Waals surface area contributed by atoms with E-state index in [0.717, 1.165) is 64.1 Å². The maximum atomic E-state index is 12.0. The van der Waals surface area contributed by atoms with E-state index in [1.165, 1.54) is 0 Å². The monoisotopic (exact) mass is 305 g/mol. The number of rotatable bonds is 8. The number of hydrogen-bond acceptors (Lipinski definition) is 5. The Balaban J connectivity index is 1.70. The van der Waals surface area contributed by atoms with Crippen molar-refractivity contribution in [3.8, 4) is 0 Å². The highest BCUT2D eigenvalue weighted by Gasteiger charge is 2.22. The molecule has 6 nitrogen and oxygen atoms in total. The molecule has 22 heavy (non-hydrogen) atoms. The van der Waals surface area contributed by atoms with Crippen LogP contribution in [0.5, 0.6) is 0 Å². The molecule has 2 rings (SSSR count). The van der Waals surface area contributed by atoms with Crippen LogP contribution >= 0.6 is 0 Å². The lowest BCUT2D eigenvalue weighted by Gasteiger charge is -2.33. The molecule has 3 N–H and O–H groups in total. The summed E-state index contributed by atoms with van der Waals surface area (Å²) in [5, 5.41) is 3.15. The first-order valence-corrected chi connectivity index (χ1v) is 8.31. The van der Waals surface area contributed by atoms with Crippen molar-refractivity contribution in [1.82, 2.24) is 15.3 Å². The summed E-state index contributed by atoms with van der Waals surface area (Å²) < 4.78 is 0. The van der Waals surface area contributed by atoms with Gasteiger partial charge in [-0.05, 0) is 38.3 Å². The van der Waals surface area contributed by atoms with E-state index in [1.807, 2.05) is 6.07 Å². The first-order valence-electron chi connectivity index (χ1n) is 8.31. The van der Waals surface area contributed by atoms with Gasteiger partial charge in [-0.1, -0.05) is 12.8 Å². The SMILES string of the molecule is NCCCCCCC(=O)NC1CCCN(c2ncccn2)C1. The smallest absolute Gasteiger partial charge is 0.225 e. The van der Waals surface area contributed by atoms with Crippen molar-refractivity contribution >= 4 is 11.9 Å². The fourth-order valence-electron chi connectivity index (χ4n) is 2.81. The number of anilines is 1. The Hall–Kier alpha value is -1.69. The summed E-state index contributed by atoms with van der Waals surface area (Å²) in [6.45, 7) is 2.49. The Kier molecular flexibility index (Phi) is 7.09. The lowest BCUT2D eigenvalue weighted by molar-refractivity contribution is -0.122. The molecular weight excluding hydrogens is 278 g/mol. The van der Waals surface area contributed by atoms with Crippen LogP contribution in [0.15, 0.2) is 18.5 Å². The minimum absolute atomic E-state index is 0.161. The highest BCUT2D eigenvalue weighted by Crippen LogP contribution is 2.15. The molecule has 0 bridgehead atoms. The van der Waals surface area contributed by atoms with Gasteiger partial charge in [0.15, 0.2) is 0 Å². The number of aromatic nitrogens is 2. The molecule has 0 radical (unpaired) electrons. The van der Waals surface area contributed by atoms with Crippen molar-refractivity contribution < 1.29 is 4.79 Å². The van der Waals surface area contributed by atoms with Gasteiger partial charge in [0.1, 0.15) is 0 Å². The number of hydrogen-bond donors (Lipinski definition) is 2. The number of nitrogens with two attached hydrogens (primary N) is 1. The molecule has 1 saturated heterocycles. The van der Waals surface area contributed by atoms with Crippen molar-refractivity contribution in [2.24, 2.45) is 5.73 Å². The number of nitrogens with one attached hydrogen (secondary N) is 1. The van der Waals surface area contributed by atoms with Crippen LogP contribution in [0.25, 0.3) is 0 Å². The number of amides is 1. The molecule has 0 aromatic carbocycles. The van der Waals surface area contributed by atoms with Crippen molar-refractivity contribution in [3.05, 3.63) is 18.5 Å². The molecule has 1 unspecified atom stereocenters. The zero-order chi connectivity index (χ0) is 15.6. The molecule has 1 fully saturated rings. The van der Waals surface area contributed by atoms with Crippen LogP contribution in [0.3, 0.4) is 0 Å². The van der Waals surface area contributed by atoms with Crippen LogP contribution in [0.1, 0.15) is 44.9 Å². The van der Waals surface area contributed by atoms with Gasteiger partial charge in [0.05, 0.1) is 0 Å². The van der Waals surface area contributed by atoms with Gasteiger partial charge in [-0.3, -0.25) is 4.79 Å². The number of carbonyl (C=O) groups is 1. The van der Waals surface area contributed by atoms with Gasteiger partial charge < -0.3 is 16.0 Å². The lowest BCUT2D eigenvalue weighted by atomic mass is 10.1. The molecule has 1 aliphatic heterocycles. The van der Waals surface area contributed by atoms with E-state index in [-0.39, 0.29) is 11.9 Å². The molecule has 1 aromatic rings. The third-order valence-electron chi connectivity index (χ3n) is 3.98. The van der Waals surface area contributed by atoms with Crippen molar-refractivity contribution in [3.63, 3.8) is 0 Å². The summed E-state index contributed by atoms with van der Waals surface area (Å²) in [5.41, 5.74) is 5.46. The standard InChI is InChI=1S/C16H27N5O/c17-9-4-2-1-3-8-15(22)20-14-7-5-12-21(13-14)16-18-10-6-11-19-16/h6,10-11,14H,1-5,7-9,12-13,17H2,(H,20,22). The maximum absolute atomic E-state index is 12.0. The largest absolute Gasteiger partial charge is 0.352 e. The van der Waals surface area contributed by atoms with E-state index in [9.17, 15) is 4.79 Å². The highest BCUT2D eigenvalue weighted by molar-refractivity contribution is 5.76. The lowest BCUT2D eigenvalue weighted by Crippen LogP contribution is -2.48. The summed E-state index contributed by atoms with van der Waals surface area (Å²) in [6, 6.07) is 2.02. The minimum atomic E-state index is 0.161. The Morgan fingerprint density at radius 1 is 1.27 bits per heavy atom. The number of nitrogens with zero attached hydrogens (tertiary/aromatic N) is 3. The van der Waals surface area contributed by atoms with Crippen LogP contribution in [-0.4, -0.2) is 41.6 Å². The van der Waals surface area contributed by atoms with E-state index in [0.29, 0.717) is 6.42 Å². The van der Waals surface area contributed by atoms with Gasteiger partial charge >= 0.3 is 0 Å². The van der Waals surface area contributed by atoms with Crippen LogP contribution in [0.2, 0.25) is 0 Å². The van der Waals surface area contributed by atoms with Gasteiger partial charge in [0, 0.05) is 37.9 Å². The minimum Gasteiger partial charge on any atom is -0.352 e. The summed E-state index contributed by atoms with van der Waals surface area (Å²) in [7, 11) is 0. The maximum Gasteiger partial charge on any atom is 0.225 e. The number of carbonyl (C=O) groups excluding carboxylic acids is 1. The Labute approximate surface area is 132 Å². The molecule has 0 saturated carbocycles. The van der Waals surface area contributed by atoms with E-state index < -0.39 is 0 Å². The summed E-state index contributed by atoms with van der Waals surface area (Å²) in [4.78, 5) is 22.7. The van der Waals surface area contributed by atoms with Crippen LogP contribution < -0.4 is 16.0 Å². The number of piperidine rings is 1. The fourth-order valence-corrected chi connectivity index (χ4v) is 2.81. The molecule has 1 amide bonds. The van der Waals surface area contributed by atoms with E-state index in [4.69, 9.17) is 5.73 Å². The Morgan fingerprint density at radius 2 is 2.05 bits per heavy atom. The van der Waals surface area contributed by atoms with Crippen LogP contribution in [0.4, 0.5) is 5.95 Å².